The topological polar surface area (TPSA) is 75.2 Å². The first-order chi connectivity index (χ1) is 14.6. The van der Waals surface area contributed by atoms with Crippen LogP contribution in [0.15, 0.2) is 47.5 Å². The first-order valence-electron chi connectivity index (χ1n) is 10.3. The fourth-order valence-corrected chi connectivity index (χ4v) is 3.39. The lowest BCUT2D eigenvalue weighted by Gasteiger charge is -2.16. The quantitative estimate of drug-likeness (QED) is 0.305. The van der Waals surface area contributed by atoms with E-state index in [-0.39, 0.29) is 29.9 Å². The Morgan fingerprint density at radius 3 is 2.48 bits per heavy atom. The molecule has 8 heteroatoms. The predicted molar refractivity (Wildman–Crippen MR) is 135 cm³/mol. The number of guanidine groups is 1. The highest BCUT2D eigenvalue weighted by molar-refractivity contribution is 14.0. The molecule has 0 spiro atoms. The second-order valence-electron chi connectivity index (χ2n) is 7.04. The fraction of sp³-hybridized carbons (Fsp3) is 0.391. The van der Waals surface area contributed by atoms with E-state index in [1.165, 1.54) is 0 Å². The maximum Gasteiger partial charge on any atom is 0.227 e. The van der Waals surface area contributed by atoms with E-state index in [0.717, 1.165) is 53.8 Å². The number of nitrogens with one attached hydrogen (secondary N) is 2. The molecular formula is C23H31IN4O3. The van der Waals surface area contributed by atoms with Crippen molar-refractivity contribution < 1.29 is 14.3 Å². The maximum atomic E-state index is 11.9. The van der Waals surface area contributed by atoms with Gasteiger partial charge < -0.3 is 25.0 Å². The third-order valence-corrected chi connectivity index (χ3v) is 5.03. The summed E-state index contributed by atoms with van der Waals surface area (Å²) in [6.45, 7) is 4.73. The van der Waals surface area contributed by atoms with Crippen LogP contribution in [-0.4, -0.2) is 39.2 Å². The molecule has 168 valence electrons. The van der Waals surface area contributed by atoms with E-state index in [4.69, 9.17) is 9.47 Å². The molecule has 31 heavy (non-hydrogen) atoms. The van der Waals surface area contributed by atoms with Crippen LogP contribution in [0.1, 0.15) is 30.9 Å². The molecule has 0 radical (unpaired) electrons. The molecule has 2 aromatic carbocycles. The number of aliphatic imine (C=N–C) groups is 1. The van der Waals surface area contributed by atoms with Crippen LogP contribution in [0.2, 0.25) is 0 Å². The molecule has 1 aliphatic rings. The van der Waals surface area contributed by atoms with Crippen molar-refractivity contribution in [3.8, 4) is 11.5 Å². The predicted octanol–water partition coefficient (Wildman–Crippen LogP) is 3.70. The summed E-state index contributed by atoms with van der Waals surface area (Å²) in [5, 5.41) is 6.61. The summed E-state index contributed by atoms with van der Waals surface area (Å²) in [6.07, 6.45) is 1.57. The lowest BCUT2D eigenvalue weighted by molar-refractivity contribution is -0.117. The summed E-state index contributed by atoms with van der Waals surface area (Å²) in [4.78, 5) is 18.4. The Morgan fingerprint density at radius 1 is 1.10 bits per heavy atom. The van der Waals surface area contributed by atoms with E-state index >= 15 is 0 Å². The van der Waals surface area contributed by atoms with E-state index in [1.807, 2.05) is 54.3 Å². The van der Waals surface area contributed by atoms with E-state index in [0.29, 0.717) is 19.5 Å². The zero-order valence-electron chi connectivity index (χ0n) is 18.3. The molecule has 0 bridgehead atoms. The Morgan fingerprint density at radius 2 is 1.87 bits per heavy atom. The Labute approximate surface area is 201 Å². The van der Waals surface area contributed by atoms with E-state index in [9.17, 15) is 4.79 Å². The average molecular weight is 538 g/mol. The van der Waals surface area contributed by atoms with Crippen molar-refractivity contribution in [3.05, 3.63) is 53.6 Å². The number of carbonyl (C=O) groups excluding carboxylic acids is 1. The Balaban J connectivity index is 0.00000341. The van der Waals surface area contributed by atoms with Crippen molar-refractivity contribution in [2.75, 3.05) is 32.2 Å². The third kappa shape index (κ3) is 6.75. The summed E-state index contributed by atoms with van der Waals surface area (Å²) in [7, 11) is 3.29. The third-order valence-electron chi connectivity index (χ3n) is 5.03. The number of hydrogen-bond donors (Lipinski definition) is 2. The molecule has 1 amide bonds. The van der Waals surface area contributed by atoms with Crippen LogP contribution < -0.4 is 25.0 Å². The number of carbonyl (C=O) groups is 1. The van der Waals surface area contributed by atoms with Crippen LogP contribution in [-0.2, 0) is 17.9 Å². The molecule has 2 aromatic rings. The normalized spacial score (nSPS) is 13.6. The summed E-state index contributed by atoms with van der Waals surface area (Å²) in [6, 6.07) is 13.8. The fourth-order valence-electron chi connectivity index (χ4n) is 3.39. The monoisotopic (exact) mass is 538 g/mol. The molecule has 1 heterocycles. The number of hydrogen-bond acceptors (Lipinski definition) is 4. The molecule has 3 rings (SSSR count). The van der Waals surface area contributed by atoms with Crippen LogP contribution in [0.25, 0.3) is 0 Å². The molecule has 0 atom stereocenters. The lowest BCUT2D eigenvalue weighted by atomic mass is 10.2. The van der Waals surface area contributed by atoms with Crippen molar-refractivity contribution in [2.45, 2.75) is 32.9 Å². The van der Waals surface area contributed by atoms with Crippen molar-refractivity contribution >= 4 is 41.5 Å². The first-order valence-corrected chi connectivity index (χ1v) is 10.3. The molecule has 0 aromatic heterocycles. The maximum absolute atomic E-state index is 11.9. The molecule has 7 nitrogen and oxygen atoms in total. The Bertz CT molecular complexity index is 887. The van der Waals surface area contributed by atoms with Gasteiger partial charge in [0.1, 0.15) is 11.5 Å². The highest BCUT2D eigenvalue weighted by Gasteiger charge is 2.21. The summed E-state index contributed by atoms with van der Waals surface area (Å²) < 4.78 is 10.7. The molecule has 1 saturated heterocycles. The van der Waals surface area contributed by atoms with Crippen molar-refractivity contribution in [1.29, 1.82) is 0 Å². The number of methoxy groups -OCH3 is 2. The van der Waals surface area contributed by atoms with Crippen LogP contribution in [0.4, 0.5) is 5.69 Å². The number of ether oxygens (including phenoxy) is 2. The van der Waals surface area contributed by atoms with Gasteiger partial charge in [-0.1, -0.05) is 12.1 Å². The van der Waals surface area contributed by atoms with Crippen LogP contribution in [0.5, 0.6) is 11.5 Å². The van der Waals surface area contributed by atoms with Gasteiger partial charge in [0.25, 0.3) is 0 Å². The van der Waals surface area contributed by atoms with E-state index in [2.05, 4.69) is 15.6 Å². The summed E-state index contributed by atoms with van der Waals surface area (Å²) in [5.74, 6) is 2.46. The Hall–Kier alpha value is -2.49. The highest BCUT2D eigenvalue weighted by atomic mass is 127. The second kappa shape index (κ2) is 12.4. The van der Waals surface area contributed by atoms with Crippen molar-refractivity contribution in [2.24, 2.45) is 4.99 Å². The van der Waals surface area contributed by atoms with Gasteiger partial charge in [-0.2, -0.15) is 0 Å². The number of anilines is 1. The van der Waals surface area contributed by atoms with Crippen LogP contribution >= 0.6 is 24.0 Å². The minimum atomic E-state index is 0. The second-order valence-corrected chi connectivity index (χ2v) is 7.04. The lowest BCUT2D eigenvalue weighted by Crippen LogP contribution is -2.36. The number of rotatable bonds is 8. The zero-order valence-corrected chi connectivity index (χ0v) is 20.6. The average Bonchev–Trinajstić information content (AvgIpc) is 3.21. The molecule has 2 N–H and O–H groups in total. The van der Waals surface area contributed by atoms with Gasteiger partial charge in [0.05, 0.1) is 20.8 Å². The largest absolute Gasteiger partial charge is 0.497 e. The summed E-state index contributed by atoms with van der Waals surface area (Å²) >= 11 is 0. The number of nitrogens with zero attached hydrogens (tertiary/aromatic N) is 2. The number of benzene rings is 2. The highest BCUT2D eigenvalue weighted by Crippen LogP contribution is 2.24. The molecular weight excluding hydrogens is 507 g/mol. The van der Waals surface area contributed by atoms with Gasteiger partial charge in [0.15, 0.2) is 5.96 Å². The molecule has 1 fully saturated rings. The van der Waals surface area contributed by atoms with Gasteiger partial charge >= 0.3 is 0 Å². The van der Waals surface area contributed by atoms with Crippen LogP contribution in [0, 0.1) is 0 Å². The Kier molecular flexibility index (Phi) is 9.90. The van der Waals surface area contributed by atoms with Gasteiger partial charge in [-0.25, -0.2) is 4.99 Å². The summed E-state index contributed by atoms with van der Waals surface area (Å²) in [5.41, 5.74) is 3.06. The van der Waals surface area contributed by atoms with Crippen molar-refractivity contribution in [3.63, 3.8) is 0 Å². The molecule has 0 unspecified atom stereocenters. The first kappa shape index (κ1) is 24.8. The zero-order chi connectivity index (χ0) is 21.3. The molecule has 1 aliphatic heterocycles. The van der Waals surface area contributed by atoms with Gasteiger partial charge in [0.2, 0.25) is 5.91 Å². The van der Waals surface area contributed by atoms with E-state index in [1.54, 1.807) is 14.2 Å². The molecule has 0 aliphatic carbocycles. The van der Waals surface area contributed by atoms with E-state index < -0.39 is 0 Å². The van der Waals surface area contributed by atoms with Gasteiger partial charge in [-0.15, -0.1) is 24.0 Å². The number of halogens is 1. The van der Waals surface area contributed by atoms with Gasteiger partial charge in [-0.05, 0) is 43.2 Å². The van der Waals surface area contributed by atoms with Gasteiger partial charge in [0, 0.05) is 43.4 Å². The smallest absolute Gasteiger partial charge is 0.227 e. The minimum Gasteiger partial charge on any atom is -0.497 e. The number of amides is 1. The minimum absolute atomic E-state index is 0. The standard InChI is InChI=1S/C23H30N4O3.HI/c1-4-24-23(26-16-18-9-12-20(29-2)14-21(18)30-3)25-15-17-7-10-19(11-8-17)27-13-5-6-22(27)28;/h7-12,14H,4-6,13,15-16H2,1-3H3,(H2,24,25,26);1H. The molecule has 0 saturated carbocycles. The van der Waals surface area contributed by atoms with Gasteiger partial charge in [-0.3, -0.25) is 4.79 Å². The SMILES string of the molecule is CCNC(=NCc1ccc(N2CCCC2=O)cc1)NCc1ccc(OC)cc1OC.I. The van der Waals surface area contributed by atoms with Crippen LogP contribution in [0.3, 0.4) is 0 Å². The van der Waals surface area contributed by atoms with Crippen molar-refractivity contribution in [1.82, 2.24) is 10.6 Å².